The van der Waals surface area contributed by atoms with E-state index in [1.54, 1.807) is 30.3 Å². The number of rotatable bonds is 3. The molecular formula is C19H27N3O3S. The highest BCUT2D eigenvalue weighted by Crippen LogP contribution is 2.28. The molecule has 6 nitrogen and oxygen atoms in total. The van der Waals surface area contributed by atoms with Gasteiger partial charge in [0.05, 0.1) is 4.90 Å². The van der Waals surface area contributed by atoms with E-state index in [0.29, 0.717) is 31.6 Å². The number of likely N-dealkylation sites (tertiary alicyclic amines) is 1. The molecule has 0 aliphatic carbocycles. The van der Waals surface area contributed by atoms with Crippen LogP contribution in [-0.2, 0) is 14.8 Å². The minimum absolute atomic E-state index is 0.0152. The number of amides is 1. The van der Waals surface area contributed by atoms with Crippen LogP contribution >= 0.6 is 0 Å². The third-order valence-electron chi connectivity index (χ3n) is 5.92. The molecule has 3 fully saturated rings. The maximum absolute atomic E-state index is 13.3. The Bertz CT molecular complexity index is 753. The summed E-state index contributed by atoms with van der Waals surface area (Å²) in [6.07, 6.45) is 5.57. The zero-order valence-electron chi connectivity index (χ0n) is 15.0. The van der Waals surface area contributed by atoms with E-state index in [1.165, 1.54) is 10.7 Å². The molecule has 3 atom stereocenters. The first-order valence-corrected chi connectivity index (χ1v) is 11.1. The van der Waals surface area contributed by atoms with Gasteiger partial charge in [-0.1, -0.05) is 24.6 Å². The highest BCUT2D eigenvalue weighted by Gasteiger charge is 2.41. The third-order valence-corrected chi connectivity index (χ3v) is 7.85. The molecule has 3 aliphatic rings. The van der Waals surface area contributed by atoms with E-state index in [-0.39, 0.29) is 10.8 Å². The summed E-state index contributed by atoms with van der Waals surface area (Å²) in [5, 5.41) is 3.58. The van der Waals surface area contributed by atoms with Crippen molar-refractivity contribution in [2.75, 3.05) is 19.6 Å². The highest BCUT2D eigenvalue weighted by molar-refractivity contribution is 7.89. The molecule has 0 radical (unpaired) electrons. The Morgan fingerprint density at radius 3 is 2.54 bits per heavy atom. The fourth-order valence-electron chi connectivity index (χ4n) is 4.52. The summed E-state index contributed by atoms with van der Waals surface area (Å²) in [5.41, 5.74) is 0. The maximum atomic E-state index is 13.3. The Morgan fingerprint density at radius 1 is 0.962 bits per heavy atom. The summed E-state index contributed by atoms with van der Waals surface area (Å²) in [4.78, 5) is 15.4. The normalized spacial score (nSPS) is 30.2. The van der Waals surface area contributed by atoms with Crippen LogP contribution in [0.5, 0.6) is 0 Å². The van der Waals surface area contributed by atoms with Crippen molar-refractivity contribution in [2.45, 2.75) is 61.5 Å². The van der Waals surface area contributed by atoms with Crippen molar-refractivity contribution < 1.29 is 13.2 Å². The van der Waals surface area contributed by atoms with E-state index in [9.17, 15) is 13.2 Å². The average Bonchev–Trinajstić information content (AvgIpc) is 3.00. The third kappa shape index (κ3) is 3.40. The molecule has 3 heterocycles. The van der Waals surface area contributed by atoms with Crippen LogP contribution in [0.1, 0.15) is 38.5 Å². The van der Waals surface area contributed by atoms with E-state index < -0.39 is 16.1 Å². The molecule has 26 heavy (non-hydrogen) atoms. The van der Waals surface area contributed by atoms with E-state index in [1.807, 2.05) is 4.90 Å². The van der Waals surface area contributed by atoms with Gasteiger partial charge >= 0.3 is 0 Å². The SMILES string of the molecule is O=C(C1CCCCN1S(=O)(=O)c1ccccc1)N1CCC2CCC(C1)N2. The van der Waals surface area contributed by atoms with Crippen LogP contribution in [0.3, 0.4) is 0 Å². The zero-order chi connectivity index (χ0) is 18.1. The number of carbonyl (C=O) groups excluding carboxylic acids is 1. The van der Waals surface area contributed by atoms with Gasteiger partial charge in [0.15, 0.2) is 0 Å². The van der Waals surface area contributed by atoms with Crippen LogP contribution in [-0.4, -0.2) is 61.3 Å². The smallest absolute Gasteiger partial charge is 0.243 e. The molecule has 2 bridgehead atoms. The van der Waals surface area contributed by atoms with Gasteiger partial charge in [0.25, 0.3) is 0 Å². The number of nitrogens with zero attached hydrogens (tertiary/aromatic N) is 2. The van der Waals surface area contributed by atoms with Gasteiger partial charge in [-0.2, -0.15) is 4.31 Å². The van der Waals surface area contributed by atoms with Crippen LogP contribution < -0.4 is 5.32 Å². The monoisotopic (exact) mass is 377 g/mol. The number of fused-ring (bicyclic) bond motifs is 2. The van der Waals surface area contributed by atoms with Crippen molar-refractivity contribution in [2.24, 2.45) is 0 Å². The van der Waals surface area contributed by atoms with Crippen molar-refractivity contribution in [3.63, 3.8) is 0 Å². The van der Waals surface area contributed by atoms with Crippen LogP contribution in [0.4, 0.5) is 0 Å². The predicted molar refractivity (Wildman–Crippen MR) is 99.1 cm³/mol. The quantitative estimate of drug-likeness (QED) is 0.868. The molecule has 1 aromatic carbocycles. The first kappa shape index (κ1) is 17.9. The predicted octanol–water partition coefficient (Wildman–Crippen LogP) is 1.58. The summed E-state index contributed by atoms with van der Waals surface area (Å²) >= 11 is 0. The second kappa shape index (κ2) is 7.29. The van der Waals surface area contributed by atoms with Gasteiger partial charge in [0.1, 0.15) is 6.04 Å². The molecule has 142 valence electrons. The van der Waals surface area contributed by atoms with Gasteiger partial charge in [-0.05, 0) is 44.2 Å². The van der Waals surface area contributed by atoms with Gasteiger partial charge in [0, 0.05) is 31.7 Å². The van der Waals surface area contributed by atoms with Crippen molar-refractivity contribution in [1.82, 2.24) is 14.5 Å². The average molecular weight is 378 g/mol. The lowest BCUT2D eigenvalue weighted by molar-refractivity contribution is -0.136. The summed E-state index contributed by atoms with van der Waals surface area (Å²) in [5.74, 6) is -0.0152. The number of hydrogen-bond acceptors (Lipinski definition) is 4. The molecule has 3 unspecified atom stereocenters. The lowest BCUT2D eigenvalue weighted by Gasteiger charge is -2.37. The molecule has 3 aliphatic heterocycles. The van der Waals surface area contributed by atoms with Crippen molar-refractivity contribution in [1.29, 1.82) is 0 Å². The van der Waals surface area contributed by atoms with Crippen LogP contribution in [0.15, 0.2) is 35.2 Å². The second-order valence-electron chi connectivity index (χ2n) is 7.65. The second-order valence-corrected chi connectivity index (χ2v) is 9.54. The highest BCUT2D eigenvalue weighted by atomic mass is 32.2. The maximum Gasteiger partial charge on any atom is 0.243 e. The van der Waals surface area contributed by atoms with Gasteiger partial charge in [-0.25, -0.2) is 8.42 Å². The fourth-order valence-corrected chi connectivity index (χ4v) is 6.19. The molecule has 1 aromatic rings. The van der Waals surface area contributed by atoms with E-state index in [0.717, 1.165) is 32.2 Å². The Morgan fingerprint density at radius 2 is 1.73 bits per heavy atom. The number of sulfonamides is 1. The number of benzene rings is 1. The summed E-state index contributed by atoms with van der Waals surface area (Å²) in [6.45, 7) is 1.85. The fraction of sp³-hybridized carbons (Fsp3) is 0.632. The zero-order valence-corrected chi connectivity index (χ0v) is 15.8. The Balaban J connectivity index is 1.56. The lowest BCUT2D eigenvalue weighted by Crippen LogP contribution is -2.54. The van der Waals surface area contributed by atoms with Gasteiger partial charge in [-0.3, -0.25) is 4.79 Å². The topological polar surface area (TPSA) is 69.7 Å². The van der Waals surface area contributed by atoms with Gasteiger partial charge in [-0.15, -0.1) is 0 Å². The first-order valence-electron chi connectivity index (χ1n) is 9.67. The molecule has 3 saturated heterocycles. The van der Waals surface area contributed by atoms with Gasteiger partial charge < -0.3 is 10.2 Å². The molecule has 1 amide bonds. The molecule has 0 aromatic heterocycles. The van der Waals surface area contributed by atoms with Crippen LogP contribution in [0.25, 0.3) is 0 Å². The molecule has 0 saturated carbocycles. The summed E-state index contributed by atoms with van der Waals surface area (Å²) in [6, 6.07) is 8.78. The first-order chi connectivity index (χ1) is 12.6. The number of hydrogen-bond donors (Lipinski definition) is 1. The standard InChI is InChI=1S/C19H27N3O3S/c23-19(21-13-11-15-9-10-16(14-21)20-15)18-8-4-5-12-22(18)26(24,25)17-6-2-1-3-7-17/h1-3,6-7,15-16,18,20H,4-5,8-14H2. The minimum Gasteiger partial charge on any atom is -0.340 e. The summed E-state index contributed by atoms with van der Waals surface area (Å²) < 4.78 is 27.7. The van der Waals surface area contributed by atoms with Crippen LogP contribution in [0.2, 0.25) is 0 Å². The lowest BCUT2D eigenvalue weighted by atomic mass is 10.0. The number of carbonyl (C=O) groups is 1. The Labute approximate surface area is 155 Å². The van der Waals surface area contributed by atoms with Crippen molar-refractivity contribution in [3.8, 4) is 0 Å². The molecular weight excluding hydrogens is 350 g/mol. The van der Waals surface area contributed by atoms with E-state index >= 15 is 0 Å². The van der Waals surface area contributed by atoms with Crippen molar-refractivity contribution in [3.05, 3.63) is 30.3 Å². The van der Waals surface area contributed by atoms with E-state index in [4.69, 9.17) is 0 Å². The largest absolute Gasteiger partial charge is 0.340 e. The molecule has 7 heteroatoms. The molecule has 4 rings (SSSR count). The minimum atomic E-state index is -3.64. The number of nitrogens with one attached hydrogen (secondary N) is 1. The molecule has 1 N–H and O–H groups in total. The van der Waals surface area contributed by atoms with Gasteiger partial charge in [0.2, 0.25) is 15.9 Å². The van der Waals surface area contributed by atoms with Crippen molar-refractivity contribution >= 4 is 15.9 Å². The van der Waals surface area contributed by atoms with E-state index in [2.05, 4.69) is 5.32 Å². The Kier molecular flexibility index (Phi) is 5.03. The number of piperidine rings is 1. The Hall–Kier alpha value is -1.44. The molecule has 0 spiro atoms. The summed E-state index contributed by atoms with van der Waals surface area (Å²) in [7, 11) is -3.64. The van der Waals surface area contributed by atoms with Crippen LogP contribution in [0, 0.1) is 0 Å².